The van der Waals surface area contributed by atoms with Crippen molar-refractivity contribution in [2.75, 3.05) is 7.11 Å². The van der Waals surface area contributed by atoms with Crippen LogP contribution in [-0.2, 0) is 9.53 Å². The molecular weight excluding hydrogens is 196 g/mol. The Morgan fingerprint density at radius 2 is 1.93 bits per heavy atom. The minimum Gasteiger partial charge on any atom is -0.497 e. The summed E-state index contributed by atoms with van der Waals surface area (Å²) >= 11 is 0. The van der Waals surface area contributed by atoms with Crippen LogP contribution in [-0.4, -0.2) is 25.5 Å². The molecule has 0 bridgehead atoms. The summed E-state index contributed by atoms with van der Waals surface area (Å²) in [7, 11) is 1.55. The lowest BCUT2D eigenvalue weighted by Gasteiger charge is -2.08. The highest BCUT2D eigenvalue weighted by Gasteiger charge is 2.15. The fourth-order valence-corrected chi connectivity index (χ4v) is 1.14. The molecule has 0 saturated heterocycles. The van der Waals surface area contributed by atoms with E-state index in [2.05, 4.69) is 4.74 Å². The summed E-state index contributed by atoms with van der Waals surface area (Å²) in [5.74, 6) is 0.445. The number of methoxy groups -OCH3 is 1. The van der Waals surface area contributed by atoms with E-state index in [9.17, 15) is 9.59 Å². The lowest BCUT2D eigenvalue weighted by Crippen LogP contribution is -2.20. The Kier molecular flexibility index (Phi) is 3.85. The van der Waals surface area contributed by atoms with Crippen LogP contribution in [0.25, 0.3) is 0 Å². The molecule has 1 rings (SSSR count). The number of benzene rings is 1. The molecule has 0 amide bonds. The molecule has 0 aliphatic heterocycles. The molecule has 4 nitrogen and oxygen atoms in total. The fourth-order valence-electron chi connectivity index (χ4n) is 1.14. The van der Waals surface area contributed by atoms with Gasteiger partial charge in [0.2, 0.25) is 5.78 Å². The van der Waals surface area contributed by atoms with Crippen molar-refractivity contribution in [2.24, 2.45) is 0 Å². The van der Waals surface area contributed by atoms with E-state index in [-0.39, 0.29) is 12.3 Å². The number of Topliss-reactive ketones (excluding diaryl/α,β-unsaturated/α-hetero) is 1. The largest absolute Gasteiger partial charge is 0.497 e. The van der Waals surface area contributed by atoms with Crippen LogP contribution in [0.3, 0.4) is 0 Å². The average molecular weight is 208 g/mol. The molecule has 1 atom stereocenters. The van der Waals surface area contributed by atoms with Crippen LogP contribution in [0.4, 0.5) is 0 Å². The first-order valence-corrected chi connectivity index (χ1v) is 4.46. The fraction of sp³-hybridized carbons (Fsp3) is 0.273. The Morgan fingerprint density at radius 1 is 1.33 bits per heavy atom. The highest BCUT2D eigenvalue weighted by molar-refractivity contribution is 5.99. The van der Waals surface area contributed by atoms with Gasteiger partial charge in [-0.2, -0.15) is 0 Å². The van der Waals surface area contributed by atoms with Gasteiger partial charge in [-0.25, -0.2) is 0 Å². The van der Waals surface area contributed by atoms with Crippen LogP contribution >= 0.6 is 0 Å². The van der Waals surface area contributed by atoms with Gasteiger partial charge in [-0.3, -0.25) is 9.59 Å². The first-order chi connectivity index (χ1) is 7.19. The molecule has 0 aliphatic carbocycles. The maximum absolute atomic E-state index is 11.6. The smallest absolute Gasteiger partial charge is 0.293 e. The first kappa shape index (κ1) is 11.2. The standard InChI is InChI=1S/C11H12O4/c1-8(15-7-12)11(13)9-3-5-10(14-2)6-4-9/h3-8H,1-2H3. The lowest BCUT2D eigenvalue weighted by molar-refractivity contribution is -0.131. The molecule has 0 spiro atoms. The third kappa shape index (κ3) is 2.80. The number of ether oxygens (including phenoxy) is 2. The number of carbonyl (C=O) groups excluding carboxylic acids is 2. The third-order valence-corrected chi connectivity index (χ3v) is 2.00. The normalized spacial score (nSPS) is 11.6. The highest BCUT2D eigenvalue weighted by atomic mass is 16.5. The maximum atomic E-state index is 11.6. The molecule has 0 aromatic heterocycles. The summed E-state index contributed by atoms with van der Waals surface area (Å²) in [6.07, 6.45) is -0.754. The van der Waals surface area contributed by atoms with Crippen LogP contribution in [0.1, 0.15) is 17.3 Å². The molecular formula is C11H12O4. The molecule has 0 fully saturated rings. The van der Waals surface area contributed by atoms with Crippen molar-refractivity contribution in [1.29, 1.82) is 0 Å². The van der Waals surface area contributed by atoms with E-state index >= 15 is 0 Å². The van der Waals surface area contributed by atoms with Gasteiger partial charge >= 0.3 is 0 Å². The molecule has 0 radical (unpaired) electrons. The van der Waals surface area contributed by atoms with Crippen LogP contribution in [0.15, 0.2) is 24.3 Å². The van der Waals surface area contributed by atoms with Crippen molar-refractivity contribution in [3.63, 3.8) is 0 Å². The van der Waals surface area contributed by atoms with Crippen molar-refractivity contribution in [3.05, 3.63) is 29.8 Å². The quantitative estimate of drug-likeness (QED) is 0.542. The second kappa shape index (κ2) is 5.14. The molecule has 0 heterocycles. The second-order valence-electron chi connectivity index (χ2n) is 2.97. The zero-order chi connectivity index (χ0) is 11.3. The molecule has 80 valence electrons. The Balaban J connectivity index is 2.77. The van der Waals surface area contributed by atoms with Gasteiger partial charge in [0.05, 0.1) is 7.11 Å². The zero-order valence-electron chi connectivity index (χ0n) is 8.60. The van der Waals surface area contributed by atoms with E-state index in [0.29, 0.717) is 11.3 Å². The number of rotatable bonds is 5. The monoisotopic (exact) mass is 208 g/mol. The van der Waals surface area contributed by atoms with Crippen LogP contribution in [0.5, 0.6) is 5.75 Å². The topological polar surface area (TPSA) is 52.6 Å². The lowest BCUT2D eigenvalue weighted by atomic mass is 10.1. The Bertz CT molecular complexity index is 342. The van der Waals surface area contributed by atoms with Crippen LogP contribution < -0.4 is 4.74 Å². The molecule has 0 N–H and O–H groups in total. The number of carbonyl (C=O) groups is 2. The van der Waals surface area contributed by atoms with Gasteiger partial charge < -0.3 is 9.47 Å². The minimum atomic E-state index is -0.754. The van der Waals surface area contributed by atoms with Gasteiger partial charge in [0.15, 0.2) is 6.10 Å². The number of hydrogen-bond donors (Lipinski definition) is 0. The Hall–Kier alpha value is -1.84. The predicted molar refractivity (Wildman–Crippen MR) is 53.9 cm³/mol. The zero-order valence-corrected chi connectivity index (χ0v) is 8.60. The number of hydrogen-bond acceptors (Lipinski definition) is 4. The summed E-state index contributed by atoms with van der Waals surface area (Å²) in [4.78, 5) is 21.7. The van der Waals surface area contributed by atoms with Crippen molar-refractivity contribution in [2.45, 2.75) is 13.0 Å². The first-order valence-electron chi connectivity index (χ1n) is 4.46. The van der Waals surface area contributed by atoms with Gasteiger partial charge in [0.25, 0.3) is 6.47 Å². The van der Waals surface area contributed by atoms with E-state index in [1.165, 1.54) is 6.92 Å². The highest BCUT2D eigenvalue weighted by Crippen LogP contribution is 2.13. The maximum Gasteiger partial charge on any atom is 0.293 e. The third-order valence-electron chi connectivity index (χ3n) is 2.00. The van der Waals surface area contributed by atoms with Gasteiger partial charge in [-0.1, -0.05) is 0 Å². The summed E-state index contributed by atoms with van der Waals surface area (Å²) in [6.45, 7) is 1.80. The van der Waals surface area contributed by atoms with Crippen molar-refractivity contribution in [1.82, 2.24) is 0 Å². The summed E-state index contributed by atoms with van der Waals surface area (Å²) in [5.41, 5.74) is 0.491. The SMILES string of the molecule is COc1ccc(C(=O)C(C)OC=O)cc1. The van der Waals surface area contributed by atoms with Crippen LogP contribution in [0.2, 0.25) is 0 Å². The molecule has 4 heteroatoms. The van der Waals surface area contributed by atoms with E-state index in [4.69, 9.17) is 4.74 Å². The Labute approximate surface area is 87.8 Å². The summed E-state index contributed by atoms with van der Waals surface area (Å²) < 4.78 is 9.51. The number of ketones is 1. The van der Waals surface area contributed by atoms with Gasteiger partial charge in [0, 0.05) is 5.56 Å². The second-order valence-corrected chi connectivity index (χ2v) is 2.97. The van der Waals surface area contributed by atoms with Gasteiger partial charge in [0.1, 0.15) is 5.75 Å². The minimum absolute atomic E-state index is 0.232. The molecule has 1 aromatic rings. The van der Waals surface area contributed by atoms with E-state index in [0.717, 1.165) is 0 Å². The molecule has 15 heavy (non-hydrogen) atoms. The Morgan fingerprint density at radius 3 is 2.40 bits per heavy atom. The van der Waals surface area contributed by atoms with Gasteiger partial charge in [-0.05, 0) is 31.2 Å². The van der Waals surface area contributed by atoms with Crippen molar-refractivity contribution >= 4 is 12.3 Å². The predicted octanol–water partition coefficient (Wildman–Crippen LogP) is 1.44. The van der Waals surface area contributed by atoms with E-state index < -0.39 is 6.10 Å². The van der Waals surface area contributed by atoms with Crippen molar-refractivity contribution in [3.8, 4) is 5.75 Å². The van der Waals surface area contributed by atoms with E-state index in [1.54, 1.807) is 31.4 Å². The molecule has 1 unspecified atom stereocenters. The summed E-state index contributed by atoms with van der Waals surface area (Å²) in [6, 6.07) is 6.62. The molecule has 1 aromatic carbocycles. The average Bonchev–Trinajstić information content (AvgIpc) is 2.28. The molecule has 0 aliphatic rings. The van der Waals surface area contributed by atoms with Crippen LogP contribution in [0, 0.1) is 0 Å². The van der Waals surface area contributed by atoms with Crippen molar-refractivity contribution < 1.29 is 19.1 Å². The molecule has 0 saturated carbocycles. The van der Waals surface area contributed by atoms with Gasteiger partial charge in [-0.15, -0.1) is 0 Å². The summed E-state index contributed by atoms with van der Waals surface area (Å²) in [5, 5.41) is 0. The van der Waals surface area contributed by atoms with E-state index in [1.807, 2.05) is 0 Å².